The maximum atomic E-state index is 12.9. The van der Waals surface area contributed by atoms with Crippen LogP contribution < -0.4 is 0 Å². The number of hydrogen-bond acceptors (Lipinski definition) is 3. The van der Waals surface area contributed by atoms with Crippen molar-refractivity contribution >= 4 is 5.78 Å². The van der Waals surface area contributed by atoms with Gasteiger partial charge in [-0.05, 0) is 54.4 Å². The summed E-state index contributed by atoms with van der Waals surface area (Å²) in [5.41, 5.74) is 1.70. The molecule has 128 valence electrons. The molecule has 0 radical (unpaired) electrons. The summed E-state index contributed by atoms with van der Waals surface area (Å²) in [4.78, 5) is 12.9. The Morgan fingerprint density at radius 3 is 2.61 bits per heavy atom. The number of allylic oxidation sites excluding steroid dienone is 3. The first-order valence-corrected chi connectivity index (χ1v) is 8.88. The van der Waals surface area contributed by atoms with Crippen molar-refractivity contribution in [2.45, 2.75) is 65.4 Å². The first-order valence-electron chi connectivity index (χ1n) is 8.88. The lowest BCUT2D eigenvalue weighted by Gasteiger charge is -2.58. The van der Waals surface area contributed by atoms with Crippen LogP contribution in [0, 0.1) is 22.2 Å². The predicted octanol–water partition coefficient (Wildman–Crippen LogP) is 3.41. The van der Waals surface area contributed by atoms with E-state index in [4.69, 9.17) is 0 Å². The van der Waals surface area contributed by atoms with Crippen molar-refractivity contribution in [2.75, 3.05) is 6.61 Å². The highest BCUT2D eigenvalue weighted by molar-refractivity contribution is 5.98. The van der Waals surface area contributed by atoms with Gasteiger partial charge in [0.1, 0.15) is 0 Å². The molecule has 0 aromatic rings. The van der Waals surface area contributed by atoms with Crippen LogP contribution in [0.5, 0.6) is 0 Å². The van der Waals surface area contributed by atoms with Crippen LogP contribution in [0.25, 0.3) is 0 Å². The number of aliphatic hydroxyl groups excluding tert-OH is 2. The summed E-state index contributed by atoms with van der Waals surface area (Å²) in [6.45, 7) is 10.3. The molecule has 0 bridgehead atoms. The Bertz CT molecular complexity index is 577. The molecule has 1 fully saturated rings. The molecule has 0 unspecified atom stereocenters. The van der Waals surface area contributed by atoms with Gasteiger partial charge in [-0.15, -0.1) is 6.58 Å². The Morgan fingerprint density at radius 2 is 2.00 bits per heavy atom. The number of carbonyl (C=O) groups is 1. The maximum absolute atomic E-state index is 12.9. The second kappa shape index (κ2) is 5.29. The van der Waals surface area contributed by atoms with E-state index in [0.717, 1.165) is 31.3 Å². The zero-order chi connectivity index (χ0) is 17.0. The van der Waals surface area contributed by atoms with Crippen LogP contribution in [-0.2, 0) is 4.79 Å². The zero-order valence-electron chi connectivity index (χ0n) is 14.7. The Balaban J connectivity index is 2.08. The van der Waals surface area contributed by atoms with Crippen molar-refractivity contribution in [2.24, 2.45) is 22.2 Å². The molecule has 0 spiro atoms. The second-order valence-corrected chi connectivity index (χ2v) is 8.81. The molecule has 3 heteroatoms. The van der Waals surface area contributed by atoms with Gasteiger partial charge < -0.3 is 10.2 Å². The number of fused-ring (bicyclic) bond motifs is 2. The van der Waals surface area contributed by atoms with Gasteiger partial charge >= 0.3 is 0 Å². The molecule has 0 aliphatic heterocycles. The lowest BCUT2D eigenvalue weighted by atomic mass is 9.47. The first kappa shape index (κ1) is 16.9. The van der Waals surface area contributed by atoms with Crippen molar-refractivity contribution in [1.82, 2.24) is 0 Å². The van der Waals surface area contributed by atoms with E-state index in [-0.39, 0.29) is 29.1 Å². The van der Waals surface area contributed by atoms with Gasteiger partial charge in [-0.25, -0.2) is 0 Å². The van der Waals surface area contributed by atoms with Crippen molar-refractivity contribution in [3.05, 3.63) is 23.8 Å². The van der Waals surface area contributed by atoms with Crippen LogP contribution in [0.3, 0.4) is 0 Å². The minimum atomic E-state index is -0.583. The van der Waals surface area contributed by atoms with Crippen LogP contribution in [-0.4, -0.2) is 28.7 Å². The Kier molecular flexibility index (Phi) is 3.89. The van der Waals surface area contributed by atoms with Crippen molar-refractivity contribution < 1.29 is 15.0 Å². The van der Waals surface area contributed by atoms with E-state index in [2.05, 4.69) is 20.4 Å². The number of hydrogen-bond donors (Lipinski definition) is 2. The predicted molar refractivity (Wildman–Crippen MR) is 90.8 cm³/mol. The molecule has 0 aromatic carbocycles. The van der Waals surface area contributed by atoms with E-state index < -0.39 is 11.5 Å². The van der Waals surface area contributed by atoms with Crippen LogP contribution in [0.15, 0.2) is 23.8 Å². The molecule has 0 aromatic heterocycles. The summed E-state index contributed by atoms with van der Waals surface area (Å²) in [6.07, 6.45) is 6.31. The Hall–Kier alpha value is -0.930. The van der Waals surface area contributed by atoms with Gasteiger partial charge in [0.05, 0.1) is 12.7 Å². The fourth-order valence-electron chi connectivity index (χ4n) is 5.48. The average molecular weight is 318 g/mol. The number of aliphatic hydroxyl groups is 2. The van der Waals surface area contributed by atoms with Gasteiger partial charge in [-0.2, -0.15) is 0 Å². The standard InChI is InChI=1S/C20H30O3/c1-5-18(2)8-6-14-13(11-18)15(22)10-16-19(14,3)9-7-17(23)20(16,4)12-21/h5,16-17,21,23H,1,6-12H2,2-4H3/t16-,17+,18+,19-,20+/m1/s1. The summed E-state index contributed by atoms with van der Waals surface area (Å²) >= 11 is 0. The fraction of sp³-hybridized carbons (Fsp3) is 0.750. The minimum Gasteiger partial charge on any atom is -0.396 e. The van der Waals surface area contributed by atoms with Gasteiger partial charge in [-0.3, -0.25) is 4.79 Å². The van der Waals surface area contributed by atoms with E-state index in [1.165, 1.54) is 5.57 Å². The number of ketones is 1. The molecule has 0 amide bonds. The fourth-order valence-corrected chi connectivity index (χ4v) is 5.48. The van der Waals surface area contributed by atoms with Gasteiger partial charge in [0.2, 0.25) is 0 Å². The van der Waals surface area contributed by atoms with E-state index in [1.807, 2.05) is 13.0 Å². The zero-order valence-corrected chi connectivity index (χ0v) is 14.7. The van der Waals surface area contributed by atoms with Gasteiger partial charge in [0.15, 0.2) is 5.78 Å². The third-order valence-electron chi connectivity index (χ3n) is 7.40. The van der Waals surface area contributed by atoms with E-state index in [9.17, 15) is 15.0 Å². The molecular formula is C20H30O3. The quantitative estimate of drug-likeness (QED) is 0.767. The maximum Gasteiger partial charge on any atom is 0.159 e. The van der Waals surface area contributed by atoms with Crippen LogP contribution in [0.2, 0.25) is 0 Å². The van der Waals surface area contributed by atoms with Gasteiger partial charge in [0, 0.05) is 11.8 Å². The molecule has 3 aliphatic carbocycles. The van der Waals surface area contributed by atoms with E-state index in [1.54, 1.807) is 0 Å². The third-order valence-corrected chi connectivity index (χ3v) is 7.40. The Morgan fingerprint density at radius 1 is 1.30 bits per heavy atom. The molecule has 1 saturated carbocycles. The summed E-state index contributed by atoms with van der Waals surface area (Å²) in [7, 11) is 0. The van der Waals surface area contributed by atoms with Gasteiger partial charge in [0.25, 0.3) is 0 Å². The Labute approximate surface area is 139 Å². The molecule has 23 heavy (non-hydrogen) atoms. The monoisotopic (exact) mass is 318 g/mol. The third kappa shape index (κ3) is 2.27. The highest BCUT2D eigenvalue weighted by Crippen LogP contribution is 2.62. The number of Topliss-reactive ketones (excluding diaryl/α,β-unsaturated/α-hetero) is 1. The molecule has 3 aliphatic rings. The average Bonchev–Trinajstić information content (AvgIpc) is 2.54. The molecule has 2 N–H and O–H groups in total. The molecule has 5 atom stereocenters. The largest absolute Gasteiger partial charge is 0.396 e. The molecular weight excluding hydrogens is 288 g/mol. The lowest BCUT2D eigenvalue weighted by molar-refractivity contribution is -0.141. The van der Waals surface area contributed by atoms with Crippen LogP contribution >= 0.6 is 0 Å². The topological polar surface area (TPSA) is 57.5 Å². The highest BCUT2D eigenvalue weighted by atomic mass is 16.3. The molecule has 3 nitrogen and oxygen atoms in total. The second-order valence-electron chi connectivity index (χ2n) is 8.81. The van der Waals surface area contributed by atoms with Crippen molar-refractivity contribution in [3.63, 3.8) is 0 Å². The SMILES string of the molecule is C=C[C@@]1(C)CCC2=C(C1)C(=O)C[C@H]1[C@](C)(CO)[C@@H](O)CC[C@]21C. The summed E-state index contributed by atoms with van der Waals surface area (Å²) in [5, 5.41) is 20.5. The summed E-state index contributed by atoms with van der Waals surface area (Å²) < 4.78 is 0. The van der Waals surface area contributed by atoms with Crippen molar-refractivity contribution in [3.8, 4) is 0 Å². The smallest absolute Gasteiger partial charge is 0.159 e. The number of rotatable bonds is 2. The first-order chi connectivity index (χ1) is 10.7. The summed E-state index contributed by atoms with van der Waals surface area (Å²) in [6, 6.07) is 0. The van der Waals surface area contributed by atoms with Crippen LogP contribution in [0.1, 0.15) is 59.3 Å². The van der Waals surface area contributed by atoms with E-state index in [0.29, 0.717) is 12.8 Å². The van der Waals surface area contributed by atoms with Gasteiger partial charge in [-0.1, -0.05) is 32.4 Å². The highest BCUT2D eigenvalue weighted by Gasteiger charge is 2.58. The lowest BCUT2D eigenvalue weighted by Crippen LogP contribution is -2.57. The molecule has 0 saturated heterocycles. The number of carbonyl (C=O) groups excluding carboxylic acids is 1. The minimum absolute atomic E-state index is 0.0200. The van der Waals surface area contributed by atoms with Crippen LogP contribution in [0.4, 0.5) is 0 Å². The van der Waals surface area contributed by atoms with E-state index >= 15 is 0 Å². The molecule has 0 heterocycles. The summed E-state index contributed by atoms with van der Waals surface area (Å²) in [5.74, 6) is 0.257. The normalized spacial score (nSPS) is 47.1. The molecule has 3 rings (SSSR count). The van der Waals surface area contributed by atoms with Crippen molar-refractivity contribution in [1.29, 1.82) is 0 Å².